The van der Waals surface area contributed by atoms with Crippen molar-refractivity contribution in [3.63, 3.8) is 0 Å². The first kappa shape index (κ1) is 18.8. The van der Waals surface area contributed by atoms with Gasteiger partial charge in [0.15, 0.2) is 5.67 Å². The summed E-state index contributed by atoms with van der Waals surface area (Å²) in [5.41, 5.74) is 1.93. The van der Waals surface area contributed by atoms with E-state index >= 15 is 0 Å². The number of aromatic nitrogens is 3. The molecule has 0 radical (unpaired) electrons. The number of amides is 1. The Bertz CT molecular complexity index is 1030. The van der Waals surface area contributed by atoms with E-state index in [2.05, 4.69) is 31.6 Å². The second kappa shape index (κ2) is 7.44. The number of hydrogen-bond donors (Lipinski definition) is 1. The number of benzene rings is 2. The maximum absolute atomic E-state index is 14.5. The van der Waals surface area contributed by atoms with E-state index in [1.807, 2.05) is 25.1 Å². The highest BCUT2D eigenvalue weighted by molar-refractivity contribution is 9.10. The summed E-state index contributed by atoms with van der Waals surface area (Å²) in [5, 5.41) is 11.1. The van der Waals surface area contributed by atoms with Crippen molar-refractivity contribution in [2.45, 2.75) is 19.1 Å². The monoisotopic (exact) mass is 444 g/mol. The van der Waals surface area contributed by atoms with E-state index in [-0.39, 0.29) is 25.7 Å². The smallest absolute Gasteiger partial charge is 0.251 e. The van der Waals surface area contributed by atoms with Crippen LogP contribution in [-0.4, -0.2) is 34.1 Å². The van der Waals surface area contributed by atoms with Crippen molar-refractivity contribution in [3.05, 3.63) is 75.5 Å². The molecule has 2 aromatic carbocycles. The molecule has 2 heterocycles. The van der Waals surface area contributed by atoms with Crippen LogP contribution in [0.5, 0.6) is 0 Å². The van der Waals surface area contributed by atoms with Gasteiger partial charge in [0.1, 0.15) is 5.69 Å². The van der Waals surface area contributed by atoms with Crippen molar-refractivity contribution < 1.29 is 13.9 Å². The molecule has 0 saturated carbocycles. The van der Waals surface area contributed by atoms with Crippen molar-refractivity contribution in [1.29, 1.82) is 0 Å². The molecule has 4 rings (SSSR count). The van der Waals surface area contributed by atoms with Gasteiger partial charge in [-0.15, -0.1) is 5.10 Å². The molecule has 3 aromatic rings. The first-order valence-electron chi connectivity index (χ1n) is 8.78. The molecular weight excluding hydrogens is 427 g/mol. The summed E-state index contributed by atoms with van der Waals surface area (Å²) >= 11 is 3.50. The van der Waals surface area contributed by atoms with Gasteiger partial charge in [-0.05, 0) is 42.3 Å². The van der Waals surface area contributed by atoms with Crippen molar-refractivity contribution in [2.24, 2.45) is 0 Å². The molecule has 0 unspecified atom stereocenters. The number of halogens is 2. The third-order valence-electron chi connectivity index (χ3n) is 4.76. The third-order valence-corrected chi connectivity index (χ3v) is 5.62. The largest absolute Gasteiger partial charge is 0.374 e. The Hall–Kier alpha value is -2.58. The van der Waals surface area contributed by atoms with E-state index in [0.29, 0.717) is 16.8 Å². The van der Waals surface area contributed by atoms with Gasteiger partial charge in [0.2, 0.25) is 0 Å². The van der Waals surface area contributed by atoms with Crippen molar-refractivity contribution in [1.82, 2.24) is 20.3 Å². The standard InChI is InChI=1S/C20H18BrFN4O2/c1-13-17(21)6-3-7-18(13)26-10-16(24-25-26)9-23-19(27)14-4-2-5-15(8-14)20(22)11-28-12-20/h2-8,10H,9,11-12H2,1H3,(H,23,27). The summed E-state index contributed by atoms with van der Waals surface area (Å²) in [7, 11) is 0. The van der Waals surface area contributed by atoms with Crippen molar-refractivity contribution in [2.75, 3.05) is 13.2 Å². The fraction of sp³-hybridized carbons (Fsp3) is 0.250. The van der Waals surface area contributed by atoms with Gasteiger partial charge in [-0.1, -0.05) is 39.3 Å². The molecular formula is C20H18BrFN4O2. The molecule has 28 heavy (non-hydrogen) atoms. The number of carbonyl (C=O) groups excluding carboxylic acids is 1. The lowest BCUT2D eigenvalue weighted by molar-refractivity contribution is -0.135. The Morgan fingerprint density at radius 1 is 1.32 bits per heavy atom. The fourth-order valence-electron chi connectivity index (χ4n) is 3.00. The molecule has 8 heteroatoms. The summed E-state index contributed by atoms with van der Waals surface area (Å²) in [6.07, 6.45) is 1.77. The van der Waals surface area contributed by atoms with E-state index in [4.69, 9.17) is 4.74 Å². The van der Waals surface area contributed by atoms with E-state index in [1.165, 1.54) is 0 Å². The fourth-order valence-corrected chi connectivity index (χ4v) is 3.36. The first-order chi connectivity index (χ1) is 13.5. The normalized spacial score (nSPS) is 15.1. The van der Waals surface area contributed by atoms with Crippen LogP contribution >= 0.6 is 15.9 Å². The quantitative estimate of drug-likeness (QED) is 0.653. The van der Waals surface area contributed by atoms with Gasteiger partial charge in [0.25, 0.3) is 5.91 Å². The third kappa shape index (κ3) is 3.57. The molecule has 1 saturated heterocycles. The molecule has 1 amide bonds. The van der Waals surface area contributed by atoms with Crippen LogP contribution in [0.1, 0.15) is 27.2 Å². The molecule has 1 aliphatic heterocycles. The maximum atomic E-state index is 14.5. The van der Waals surface area contributed by atoms with Gasteiger partial charge >= 0.3 is 0 Å². The van der Waals surface area contributed by atoms with Crippen LogP contribution < -0.4 is 5.32 Å². The summed E-state index contributed by atoms with van der Waals surface area (Å²) < 4.78 is 22.1. The van der Waals surface area contributed by atoms with E-state index in [0.717, 1.165) is 15.7 Å². The van der Waals surface area contributed by atoms with Crippen LogP contribution in [0.3, 0.4) is 0 Å². The zero-order valence-electron chi connectivity index (χ0n) is 15.2. The number of alkyl halides is 1. The number of hydrogen-bond acceptors (Lipinski definition) is 4. The van der Waals surface area contributed by atoms with Crippen LogP contribution in [0.25, 0.3) is 5.69 Å². The van der Waals surface area contributed by atoms with Crippen LogP contribution in [-0.2, 0) is 17.0 Å². The van der Waals surface area contributed by atoms with Crippen molar-refractivity contribution in [3.8, 4) is 5.69 Å². The summed E-state index contributed by atoms with van der Waals surface area (Å²) in [5.74, 6) is -0.293. The molecule has 1 fully saturated rings. The lowest BCUT2D eigenvalue weighted by Gasteiger charge is -2.34. The van der Waals surface area contributed by atoms with Gasteiger partial charge in [-0.3, -0.25) is 4.79 Å². The summed E-state index contributed by atoms with van der Waals surface area (Å²) in [4.78, 5) is 12.5. The van der Waals surface area contributed by atoms with Gasteiger partial charge in [0.05, 0.1) is 31.6 Å². The van der Waals surface area contributed by atoms with Gasteiger partial charge in [0, 0.05) is 10.0 Å². The Labute approximate surface area is 169 Å². The van der Waals surface area contributed by atoms with E-state index < -0.39 is 5.67 Å². The molecule has 1 aromatic heterocycles. The number of nitrogens with one attached hydrogen (secondary N) is 1. The molecule has 0 atom stereocenters. The average molecular weight is 445 g/mol. The zero-order chi connectivity index (χ0) is 19.7. The SMILES string of the molecule is Cc1c(Br)cccc1-n1cc(CNC(=O)c2cccc(C3(F)COC3)c2)nn1. The van der Waals surface area contributed by atoms with Crippen molar-refractivity contribution >= 4 is 21.8 Å². The molecule has 1 aliphatic rings. The summed E-state index contributed by atoms with van der Waals surface area (Å²) in [6.45, 7) is 2.26. The maximum Gasteiger partial charge on any atom is 0.251 e. The minimum absolute atomic E-state index is 0.0240. The van der Waals surface area contributed by atoms with Crippen LogP contribution in [0.2, 0.25) is 0 Å². The minimum Gasteiger partial charge on any atom is -0.374 e. The lowest BCUT2D eigenvalue weighted by Crippen LogP contribution is -2.42. The predicted octanol–water partition coefficient (Wildman–Crippen LogP) is 3.46. The molecule has 0 aliphatic carbocycles. The van der Waals surface area contributed by atoms with E-state index in [9.17, 15) is 9.18 Å². The second-order valence-electron chi connectivity index (χ2n) is 6.76. The van der Waals surface area contributed by atoms with Gasteiger partial charge in [-0.25, -0.2) is 9.07 Å². The molecule has 0 bridgehead atoms. The molecule has 6 nitrogen and oxygen atoms in total. The number of carbonyl (C=O) groups is 1. The Morgan fingerprint density at radius 3 is 2.86 bits per heavy atom. The van der Waals surface area contributed by atoms with Crippen LogP contribution in [0.15, 0.2) is 53.1 Å². The Morgan fingerprint density at radius 2 is 2.11 bits per heavy atom. The summed E-state index contributed by atoms with van der Waals surface area (Å²) in [6, 6.07) is 12.4. The predicted molar refractivity (Wildman–Crippen MR) is 105 cm³/mol. The highest BCUT2D eigenvalue weighted by Gasteiger charge is 2.40. The zero-order valence-corrected chi connectivity index (χ0v) is 16.7. The van der Waals surface area contributed by atoms with Crippen LogP contribution in [0, 0.1) is 6.92 Å². The first-order valence-corrected chi connectivity index (χ1v) is 9.58. The van der Waals surface area contributed by atoms with Gasteiger partial charge < -0.3 is 10.1 Å². The Kier molecular flexibility index (Phi) is 4.99. The lowest BCUT2D eigenvalue weighted by atomic mass is 9.92. The minimum atomic E-state index is -1.50. The highest BCUT2D eigenvalue weighted by atomic mass is 79.9. The van der Waals surface area contributed by atoms with E-state index in [1.54, 1.807) is 35.1 Å². The number of nitrogens with zero attached hydrogens (tertiary/aromatic N) is 3. The highest BCUT2D eigenvalue weighted by Crippen LogP contribution is 2.34. The molecule has 144 valence electrons. The van der Waals surface area contributed by atoms with Crippen LogP contribution in [0.4, 0.5) is 4.39 Å². The number of ether oxygens (including phenoxy) is 1. The Balaban J connectivity index is 1.44. The number of rotatable bonds is 5. The topological polar surface area (TPSA) is 69.0 Å². The molecule has 0 spiro atoms. The second-order valence-corrected chi connectivity index (χ2v) is 7.61. The molecule has 1 N–H and O–H groups in total. The average Bonchev–Trinajstić information content (AvgIpc) is 3.15. The van der Waals surface area contributed by atoms with Gasteiger partial charge in [-0.2, -0.15) is 0 Å².